The van der Waals surface area contributed by atoms with E-state index >= 15 is 0 Å². The van der Waals surface area contributed by atoms with Crippen molar-refractivity contribution >= 4 is 0 Å². The Morgan fingerprint density at radius 3 is 1.90 bits per heavy atom. The van der Waals surface area contributed by atoms with Gasteiger partial charge in [-0.05, 0) is 0 Å². The zero-order valence-electron chi connectivity index (χ0n) is 5.34. The lowest BCUT2D eigenvalue weighted by atomic mass is 10.1. The van der Waals surface area contributed by atoms with Crippen molar-refractivity contribution in [1.82, 2.24) is 0 Å². The summed E-state index contributed by atoms with van der Waals surface area (Å²) in [6, 6.07) is 0. The number of hydrogen-bond donors (Lipinski definition) is 4. The van der Waals surface area contributed by atoms with Crippen LogP contribution in [-0.2, 0) is 5.11 Å². The molecule has 0 aromatic heterocycles. The molecule has 1 radical (unpaired) electrons. The summed E-state index contributed by atoms with van der Waals surface area (Å²) in [5, 5.41) is 44.1. The van der Waals surface area contributed by atoms with Crippen LogP contribution in [0.1, 0.15) is 0 Å². The van der Waals surface area contributed by atoms with Crippen LogP contribution in [0.4, 0.5) is 0 Å². The fraction of sp³-hybridized carbons (Fsp3) is 1.00. The molecule has 0 saturated heterocycles. The molecule has 3 unspecified atom stereocenters. The lowest BCUT2D eigenvalue weighted by Crippen LogP contribution is -2.41. The van der Waals surface area contributed by atoms with E-state index in [-0.39, 0.29) is 0 Å². The maximum Gasteiger partial charge on any atom is 0.111 e. The molecule has 0 saturated carbocycles. The largest absolute Gasteiger partial charge is 0.394 e. The first-order valence-electron chi connectivity index (χ1n) is 2.86. The van der Waals surface area contributed by atoms with E-state index in [1.165, 1.54) is 0 Å². The second kappa shape index (κ2) is 4.59. The van der Waals surface area contributed by atoms with Gasteiger partial charge in [-0.15, -0.1) is 0 Å². The molecule has 5 heteroatoms. The third-order valence-electron chi connectivity index (χ3n) is 1.15. The van der Waals surface area contributed by atoms with Gasteiger partial charge in [-0.3, -0.25) is 0 Å². The molecule has 0 amide bonds. The van der Waals surface area contributed by atoms with Gasteiger partial charge >= 0.3 is 0 Å². The zero-order valence-corrected chi connectivity index (χ0v) is 5.34. The van der Waals surface area contributed by atoms with Crippen molar-refractivity contribution < 1.29 is 25.5 Å². The molecule has 3 atom stereocenters. The molecule has 0 aliphatic rings. The number of hydrogen-bond acceptors (Lipinski definition) is 4. The third-order valence-corrected chi connectivity index (χ3v) is 1.15. The molecule has 0 bridgehead atoms. The first-order chi connectivity index (χ1) is 4.63. The molecule has 0 aromatic rings. The van der Waals surface area contributed by atoms with Crippen LogP contribution in [0.3, 0.4) is 0 Å². The summed E-state index contributed by atoms with van der Waals surface area (Å²) in [6.07, 6.45) is -4.51. The summed E-state index contributed by atoms with van der Waals surface area (Å²) in [5.74, 6) is 0. The maximum atomic E-state index is 9.89. The molecule has 0 fully saturated rings. The van der Waals surface area contributed by atoms with E-state index in [1.807, 2.05) is 0 Å². The molecule has 0 spiro atoms. The first kappa shape index (κ1) is 9.80. The second-order valence-electron chi connectivity index (χ2n) is 1.97. The highest BCUT2D eigenvalue weighted by Gasteiger charge is 2.23. The van der Waals surface area contributed by atoms with Crippen molar-refractivity contribution in [2.75, 3.05) is 13.2 Å². The molecule has 5 nitrogen and oxygen atoms in total. The zero-order chi connectivity index (χ0) is 8.15. The van der Waals surface area contributed by atoms with E-state index in [0.717, 1.165) is 0 Å². The van der Waals surface area contributed by atoms with Crippen LogP contribution in [0.25, 0.3) is 0 Å². The number of aliphatic hydroxyl groups excluding tert-OH is 4. The van der Waals surface area contributed by atoms with Crippen molar-refractivity contribution in [2.45, 2.75) is 18.3 Å². The Morgan fingerprint density at radius 2 is 1.60 bits per heavy atom. The highest BCUT2D eigenvalue weighted by molar-refractivity contribution is 4.73. The molecule has 0 aromatic carbocycles. The minimum atomic E-state index is -1.55. The lowest BCUT2D eigenvalue weighted by Gasteiger charge is -2.18. The lowest BCUT2D eigenvalue weighted by molar-refractivity contribution is -0.0981. The van der Waals surface area contributed by atoms with Crippen molar-refractivity contribution in [3.05, 3.63) is 0 Å². The molecular weight excluding hydrogens is 140 g/mol. The molecule has 4 N–H and O–H groups in total. The van der Waals surface area contributed by atoms with Crippen LogP contribution in [0.15, 0.2) is 0 Å². The number of rotatable bonds is 4. The van der Waals surface area contributed by atoms with Gasteiger partial charge in [0, 0.05) is 0 Å². The highest BCUT2D eigenvalue weighted by atomic mass is 16.4. The fourth-order valence-corrected chi connectivity index (χ4v) is 0.463. The summed E-state index contributed by atoms with van der Waals surface area (Å²) < 4.78 is 0. The maximum absolute atomic E-state index is 9.89. The predicted molar refractivity (Wildman–Crippen MR) is 30.7 cm³/mol. The SMILES string of the molecule is [O]CC(O)C(O)C(O)CO. The van der Waals surface area contributed by atoms with Crippen molar-refractivity contribution in [1.29, 1.82) is 0 Å². The van der Waals surface area contributed by atoms with Crippen LogP contribution in [0.5, 0.6) is 0 Å². The Balaban J connectivity index is 3.69. The molecule has 0 rings (SSSR count). The summed E-state index contributed by atoms with van der Waals surface area (Å²) >= 11 is 0. The van der Waals surface area contributed by atoms with Crippen LogP contribution >= 0.6 is 0 Å². The highest BCUT2D eigenvalue weighted by Crippen LogP contribution is 1.98. The molecule has 0 heterocycles. The van der Waals surface area contributed by atoms with Crippen LogP contribution < -0.4 is 0 Å². The molecule has 10 heavy (non-hydrogen) atoms. The van der Waals surface area contributed by atoms with Gasteiger partial charge in [0.05, 0.1) is 6.61 Å². The molecular formula is C5H11O5. The molecule has 61 valence electrons. The van der Waals surface area contributed by atoms with Gasteiger partial charge in [0.25, 0.3) is 0 Å². The van der Waals surface area contributed by atoms with Gasteiger partial charge in [-0.25, -0.2) is 5.11 Å². The summed E-state index contributed by atoms with van der Waals surface area (Å²) in [4.78, 5) is 0. The van der Waals surface area contributed by atoms with Gasteiger partial charge in [-0.1, -0.05) is 0 Å². The third kappa shape index (κ3) is 2.59. The number of aliphatic hydroxyl groups is 4. The summed E-state index contributed by atoms with van der Waals surface area (Å²) in [5.41, 5.74) is 0. The van der Waals surface area contributed by atoms with Crippen LogP contribution in [-0.4, -0.2) is 52.0 Å². The van der Waals surface area contributed by atoms with Crippen molar-refractivity contribution in [2.24, 2.45) is 0 Å². The monoisotopic (exact) mass is 151 g/mol. The van der Waals surface area contributed by atoms with E-state index in [1.54, 1.807) is 0 Å². The van der Waals surface area contributed by atoms with E-state index in [9.17, 15) is 5.11 Å². The Bertz CT molecular complexity index is 76.1. The summed E-state index contributed by atoms with van der Waals surface area (Å²) in [7, 11) is 0. The Kier molecular flexibility index (Phi) is 4.50. The first-order valence-corrected chi connectivity index (χ1v) is 2.86. The van der Waals surface area contributed by atoms with Crippen molar-refractivity contribution in [3.63, 3.8) is 0 Å². The van der Waals surface area contributed by atoms with Gasteiger partial charge < -0.3 is 20.4 Å². The Hall–Kier alpha value is -0.200. The van der Waals surface area contributed by atoms with E-state index in [4.69, 9.17) is 20.4 Å². The standard InChI is InChI=1S/C5H11O5/c6-1-3(8)5(10)4(9)2-7/h3-6,8-10H,1-2H2. The average molecular weight is 151 g/mol. The van der Waals surface area contributed by atoms with E-state index < -0.39 is 31.5 Å². The fourth-order valence-electron chi connectivity index (χ4n) is 0.463. The summed E-state index contributed by atoms with van der Waals surface area (Å²) in [6.45, 7) is -1.56. The minimum absolute atomic E-state index is 0.668. The Morgan fingerprint density at radius 1 is 1.10 bits per heavy atom. The second-order valence-corrected chi connectivity index (χ2v) is 1.97. The minimum Gasteiger partial charge on any atom is -0.394 e. The quantitative estimate of drug-likeness (QED) is 0.356. The predicted octanol–water partition coefficient (Wildman–Crippen LogP) is -2.51. The average Bonchev–Trinajstić information content (AvgIpc) is 2.00. The molecule has 0 aliphatic carbocycles. The van der Waals surface area contributed by atoms with Gasteiger partial charge in [0.2, 0.25) is 0 Å². The van der Waals surface area contributed by atoms with E-state index in [2.05, 4.69) is 0 Å². The Labute approximate surface area is 58.2 Å². The van der Waals surface area contributed by atoms with Crippen molar-refractivity contribution in [3.8, 4) is 0 Å². The van der Waals surface area contributed by atoms with Gasteiger partial charge in [-0.2, -0.15) is 0 Å². The topological polar surface area (TPSA) is 101 Å². The van der Waals surface area contributed by atoms with Crippen LogP contribution in [0, 0.1) is 0 Å². The van der Waals surface area contributed by atoms with Crippen LogP contribution in [0.2, 0.25) is 0 Å². The van der Waals surface area contributed by atoms with E-state index in [0.29, 0.717) is 0 Å². The van der Waals surface area contributed by atoms with Gasteiger partial charge in [0.1, 0.15) is 24.9 Å². The normalized spacial score (nSPS) is 20.1. The smallest absolute Gasteiger partial charge is 0.111 e. The van der Waals surface area contributed by atoms with Gasteiger partial charge in [0.15, 0.2) is 0 Å². The molecule has 0 aliphatic heterocycles.